The van der Waals surface area contributed by atoms with Crippen LogP contribution in [-0.4, -0.2) is 103 Å². The molecule has 4 atom stereocenters. The maximum Gasteiger partial charge on any atom is 0.252 e. The normalized spacial score (nSPS) is 23.2. The van der Waals surface area contributed by atoms with E-state index in [0.29, 0.717) is 17.7 Å². The summed E-state index contributed by atoms with van der Waals surface area (Å²) >= 11 is 1.52. The smallest absolute Gasteiger partial charge is 0.252 e. The van der Waals surface area contributed by atoms with E-state index in [1.807, 2.05) is 20.8 Å². The summed E-state index contributed by atoms with van der Waals surface area (Å²) in [4.78, 5) is 53.7. The fraction of sp³-hybridized carbons (Fsp3) is 0.571. The third-order valence-electron chi connectivity index (χ3n) is 8.00. The molecule has 3 aliphatic heterocycles. The Kier molecular flexibility index (Phi) is 8.78. The molecule has 3 fully saturated rings. The lowest BCUT2D eigenvalue weighted by Gasteiger charge is -2.32. The zero-order chi connectivity index (χ0) is 30.1. The number of amides is 2. The number of Topliss-reactive ketones (excluding diaryl/α,β-unsaturated/α-hetero) is 1. The van der Waals surface area contributed by atoms with E-state index in [2.05, 4.69) is 32.2 Å². The number of aromatic nitrogens is 1. The van der Waals surface area contributed by atoms with Crippen molar-refractivity contribution < 1.29 is 23.5 Å². The molecule has 0 aliphatic carbocycles. The summed E-state index contributed by atoms with van der Waals surface area (Å²) in [5.41, 5.74) is 9.85. The van der Waals surface area contributed by atoms with E-state index in [0.717, 1.165) is 42.3 Å². The predicted molar refractivity (Wildman–Crippen MR) is 156 cm³/mol. The summed E-state index contributed by atoms with van der Waals surface area (Å²) in [5.74, 6) is -1.90. The van der Waals surface area contributed by atoms with Crippen LogP contribution in [0.1, 0.15) is 35.5 Å². The molecule has 14 heteroatoms. The molecule has 3 aliphatic rings. The number of halogens is 1. The number of likely N-dealkylation sites (N-methyl/N-ethyl adjacent to an activating group) is 1. The second-order valence-corrected chi connectivity index (χ2v) is 12.7. The first kappa shape index (κ1) is 29.9. The number of carbonyl (C=O) groups excluding carboxylic acids is 3. The molecule has 2 aromatic rings. The summed E-state index contributed by atoms with van der Waals surface area (Å²) < 4.78 is 20.9. The van der Waals surface area contributed by atoms with Gasteiger partial charge in [-0.1, -0.05) is 19.0 Å². The minimum Gasteiger partial charge on any atom is -0.367 e. The van der Waals surface area contributed by atoms with Gasteiger partial charge in [0.2, 0.25) is 5.91 Å². The highest BCUT2D eigenvalue weighted by Crippen LogP contribution is 2.35. The third-order valence-corrected chi connectivity index (χ3v) is 9.03. The largest absolute Gasteiger partial charge is 0.367 e. The molecule has 12 nitrogen and oxygen atoms in total. The SMILES string of the molecule is Cc1sc(N2CCN(C)CC2)nc1-c1ccc(C(=O)N[C@@H](CC(C)C)C(=O)N2C[C@@H](N=[N+]=[N-])[C@H]3OCC(=O)[C@H]32)cc1F. The van der Waals surface area contributed by atoms with Crippen molar-refractivity contribution in [2.75, 3.05) is 51.3 Å². The molecule has 0 saturated carbocycles. The molecule has 4 heterocycles. The number of ether oxygens (including phenoxy) is 1. The fourth-order valence-electron chi connectivity index (χ4n) is 5.77. The first-order valence-electron chi connectivity index (χ1n) is 14.1. The molecular formula is C28H35FN8O4S. The topological polar surface area (TPSA) is 144 Å². The van der Waals surface area contributed by atoms with Crippen molar-refractivity contribution in [1.29, 1.82) is 0 Å². The molecule has 0 bridgehead atoms. The van der Waals surface area contributed by atoms with E-state index in [1.165, 1.54) is 22.3 Å². The highest BCUT2D eigenvalue weighted by molar-refractivity contribution is 7.16. The molecule has 3 saturated heterocycles. The van der Waals surface area contributed by atoms with Crippen LogP contribution >= 0.6 is 11.3 Å². The number of piperazine rings is 1. The van der Waals surface area contributed by atoms with Gasteiger partial charge in [0.15, 0.2) is 10.9 Å². The Morgan fingerprint density at radius 1 is 1.29 bits per heavy atom. The summed E-state index contributed by atoms with van der Waals surface area (Å²) in [6.07, 6.45) is -0.409. The first-order valence-corrected chi connectivity index (χ1v) is 14.9. The van der Waals surface area contributed by atoms with Gasteiger partial charge in [-0.15, -0.1) is 11.3 Å². The van der Waals surface area contributed by atoms with Crippen molar-refractivity contribution in [3.8, 4) is 11.3 Å². The quantitative estimate of drug-likeness (QED) is 0.279. The summed E-state index contributed by atoms with van der Waals surface area (Å²) in [6.45, 7) is 9.15. The lowest BCUT2D eigenvalue weighted by Crippen LogP contribution is -2.52. The number of carbonyl (C=O) groups is 3. The molecular weight excluding hydrogens is 563 g/mol. The van der Waals surface area contributed by atoms with Gasteiger partial charge in [-0.3, -0.25) is 14.4 Å². The second-order valence-electron chi connectivity index (χ2n) is 11.5. The minimum atomic E-state index is -0.967. The summed E-state index contributed by atoms with van der Waals surface area (Å²) in [5, 5.41) is 7.32. The van der Waals surface area contributed by atoms with Gasteiger partial charge < -0.3 is 24.8 Å². The number of fused-ring (bicyclic) bond motifs is 1. The number of azide groups is 1. The molecule has 1 aromatic carbocycles. The maximum atomic E-state index is 15.4. The van der Waals surface area contributed by atoms with Crippen molar-refractivity contribution in [3.05, 3.63) is 44.9 Å². The maximum absolute atomic E-state index is 15.4. The van der Waals surface area contributed by atoms with Gasteiger partial charge in [-0.25, -0.2) is 9.37 Å². The van der Waals surface area contributed by atoms with E-state index in [1.54, 1.807) is 6.07 Å². The van der Waals surface area contributed by atoms with E-state index >= 15 is 4.39 Å². The second kappa shape index (κ2) is 12.3. The number of benzene rings is 1. The highest BCUT2D eigenvalue weighted by Gasteiger charge is 2.53. The van der Waals surface area contributed by atoms with Gasteiger partial charge in [0.05, 0.1) is 17.8 Å². The van der Waals surface area contributed by atoms with Crippen molar-refractivity contribution in [2.45, 2.75) is 51.4 Å². The Labute approximate surface area is 247 Å². The fourth-order valence-corrected chi connectivity index (χ4v) is 6.75. The molecule has 1 aromatic heterocycles. The number of ketones is 1. The minimum absolute atomic E-state index is 0.0147. The zero-order valence-electron chi connectivity index (χ0n) is 24.1. The van der Waals surface area contributed by atoms with Gasteiger partial charge in [0, 0.05) is 53.6 Å². The number of nitrogens with zero attached hydrogens (tertiary/aromatic N) is 7. The zero-order valence-corrected chi connectivity index (χ0v) is 24.9. The van der Waals surface area contributed by atoms with Crippen molar-refractivity contribution >= 4 is 34.1 Å². The molecule has 0 radical (unpaired) electrons. The Morgan fingerprint density at radius 3 is 2.69 bits per heavy atom. The van der Waals surface area contributed by atoms with E-state index in [-0.39, 0.29) is 30.4 Å². The summed E-state index contributed by atoms with van der Waals surface area (Å²) in [7, 11) is 2.08. The Hall–Kier alpha value is -3.58. The van der Waals surface area contributed by atoms with Gasteiger partial charge in [-0.2, -0.15) is 0 Å². The summed E-state index contributed by atoms with van der Waals surface area (Å²) in [6, 6.07) is 1.70. The Balaban J connectivity index is 1.33. The number of thiazole rings is 1. The van der Waals surface area contributed by atoms with Crippen molar-refractivity contribution in [3.63, 3.8) is 0 Å². The predicted octanol–water partition coefficient (Wildman–Crippen LogP) is 3.01. The van der Waals surface area contributed by atoms with Crippen LogP contribution in [0.4, 0.5) is 9.52 Å². The van der Waals surface area contributed by atoms with Crippen LogP contribution in [0, 0.1) is 18.7 Å². The Morgan fingerprint density at radius 2 is 2.02 bits per heavy atom. The van der Waals surface area contributed by atoms with Crippen molar-refractivity contribution in [1.82, 2.24) is 20.1 Å². The lowest BCUT2D eigenvalue weighted by atomic mass is 10.0. The van der Waals surface area contributed by atoms with Crippen LogP contribution in [0.2, 0.25) is 0 Å². The van der Waals surface area contributed by atoms with Crippen LogP contribution in [0.25, 0.3) is 21.7 Å². The number of hydrogen-bond donors (Lipinski definition) is 1. The number of likely N-dealkylation sites (tertiary alicyclic amines) is 1. The number of nitrogens with one attached hydrogen (secondary N) is 1. The van der Waals surface area contributed by atoms with Crippen LogP contribution in [-0.2, 0) is 14.3 Å². The third kappa shape index (κ3) is 5.98. The van der Waals surface area contributed by atoms with Crippen LogP contribution in [0.5, 0.6) is 0 Å². The molecule has 5 rings (SSSR count). The van der Waals surface area contributed by atoms with E-state index < -0.39 is 41.9 Å². The van der Waals surface area contributed by atoms with Gasteiger partial charge in [0.1, 0.15) is 24.5 Å². The monoisotopic (exact) mass is 598 g/mol. The van der Waals surface area contributed by atoms with Crippen LogP contribution in [0.3, 0.4) is 0 Å². The standard InChI is InChI=1S/C28H35FN8O4S/c1-15(2)11-20(27(40)37-13-21(33-34-30)25-24(37)22(38)14-41-25)31-26(39)17-5-6-18(19(29)12-17)23-16(3)42-28(32-23)36-9-7-35(4)8-10-36/h5-6,12,15,20-21,24-25H,7-11,13-14H2,1-4H3,(H,31,39)/t20-,21+,24+,25+/m0/s1. The first-order chi connectivity index (χ1) is 20.1. The van der Waals surface area contributed by atoms with Gasteiger partial charge in [0.25, 0.3) is 5.91 Å². The molecule has 42 heavy (non-hydrogen) atoms. The molecule has 0 spiro atoms. The number of hydrogen-bond acceptors (Lipinski definition) is 9. The van der Waals surface area contributed by atoms with Crippen molar-refractivity contribution in [2.24, 2.45) is 11.0 Å². The van der Waals surface area contributed by atoms with Gasteiger partial charge >= 0.3 is 0 Å². The molecule has 224 valence electrons. The highest BCUT2D eigenvalue weighted by atomic mass is 32.1. The van der Waals surface area contributed by atoms with E-state index in [9.17, 15) is 14.4 Å². The van der Waals surface area contributed by atoms with Crippen LogP contribution in [0.15, 0.2) is 23.3 Å². The number of aryl methyl sites for hydroxylation is 1. The lowest BCUT2D eigenvalue weighted by molar-refractivity contribution is -0.138. The average molecular weight is 599 g/mol. The van der Waals surface area contributed by atoms with Crippen LogP contribution < -0.4 is 10.2 Å². The van der Waals surface area contributed by atoms with E-state index in [4.69, 9.17) is 15.3 Å². The Bertz CT molecular complexity index is 1420. The average Bonchev–Trinajstić information content (AvgIpc) is 3.63. The molecule has 2 amide bonds. The van der Waals surface area contributed by atoms with Gasteiger partial charge in [-0.05, 0) is 50.0 Å². The molecule has 0 unspecified atom stereocenters. The molecule has 1 N–H and O–H groups in total. The number of rotatable bonds is 8. The number of anilines is 1.